The highest BCUT2D eigenvalue weighted by Crippen LogP contribution is 2.35. The van der Waals surface area contributed by atoms with Gasteiger partial charge in [0.2, 0.25) is 0 Å². The molecule has 0 spiro atoms. The zero-order chi connectivity index (χ0) is 12.4. The van der Waals surface area contributed by atoms with E-state index in [1.54, 1.807) is 18.2 Å². The second-order valence-corrected chi connectivity index (χ2v) is 4.56. The highest BCUT2D eigenvalue weighted by molar-refractivity contribution is 9.10. The maximum Gasteiger partial charge on any atom is 0.173 e. The first-order valence-electron chi connectivity index (χ1n) is 4.84. The SMILES string of the molecule is COc1ccc(C(Cl)c2ccoc2Br)cc1F. The average molecular weight is 320 g/mol. The normalized spacial score (nSPS) is 12.5. The maximum absolute atomic E-state index is 13.5. The third kappa shape index (κ3) is 2.48. The number of benzene rings is 1. The third-order valence-corrected chi connectivity index (χ3v) is 3.52. The number of furan rings is 1. The Bertz CT molecular complexity index is 527. The summed E-state index contributed by atoms with van der Waals surface area (Å²) in [6, 6.07) is 6.37. The van der Waals surface area contributed by atoms with Crippen LogP contribution < -0.4 is 4.74 Å². The Morgan fingerprint density at radius 1 is 1.41 bits per heavy atom. The van der Waals surface area contributed by atoms with Crippen LogP contribution in [-0.2, 0) is 0 Å². The summed E-state index contributed by atoms with van der Waals surface area (Å²) in [6.07, 6.45) is 1.52. The van der Waals surface area contributed by atoms with E-state index < -0.39 is 11.2 Å². The molecule has 2 rings (SSSR count). The van der Waals surface area contributed by atoms with E-state index in [0.717, 1.165) is 5.56 Å². The lowest BCUT2D eigenvalue weighted by atomic mass is 10.1. The summed E-state index contributed by atoms with van der Waals surface area (Å²) in [7, 11) is 1.42. The number of methoxy groups -OCH3 is 1. The Morgan fingerprint density at radius 2 is 2.18 bits per heavy atom. The van der Waals surface area contributed by atoms with Gasteiger partial charge in [-0.3, -0.25) is 0 Å². The molecule has 0 fully saturated rings. The molecule has 0 bridgehead atoms. The molecule has 0 saturated carbocycles. The molecular formula is C12H9BrClFO2. The average Bonchev–Trinajstić information content (AvgIpc) is 2.74. The van der Waals surface area contributed by atoms with Gasteiger partial charge in [0, 0.05) is 5.56 Å². The van der Waals surface area contributed by atoms with Gasteiger partial charge in [-0.15, -0.1) is 11.6 Å². The lowest BCUT2D eigenvalue weighted by Gasteiger charge is -2.10. The molecule has 0 aliphatic heterocycles. The fraction of sp³-hybridized carbons (Fsp3) is 0.167. The number of halogens is 3. The standard InChI is InChI=1S/C12H9BrClFO2/c1-16-10-3-2-7(6-9(10)15)11(14)8-4-5-17-12(8)13/h2-6,11H,1H3. The summed E-state index contributed by atoms with van der Waals surface area (Å²) in [5.41, 5.74) is 1.41. The van der Waals surface area contributed by atoms with E-state index in [4.69, 9.17) is 20.8 Å². The minimum atomic E-state index is -0.469. The van der Waals surface area contributed by atoms with Crippen LogP contribution >= 0.6 is 27.5 Å². The predicted molar refractivity (Wildman–Crippen MR) is 67.1 cm³/mol. The van der Waals surface area contributed by atoms with Crippen molar-refractivity contribution in [3.8, 4) is 5.75 Å². The lowest BCUT2D eigenvalue weighted by Crippen LogP contribution is -1.95. The molecule has 5 heteroatoms. The lowest BCUT2D eigenvalue weighted by molar-refractivity contribution is 0.386. The molecule has 1 heterocycles. The molecule has 0 amide bonds. The Balaban J connectivity index is 2.35. The summed E-state index contributed by atoms with van der Waals surface area (Å²) in [5.74, 6) is -0.237. The minimum Gasteiger partial charge on any atom is -0.494 e. The topological polar surface area (TPSA) is 22.4 Å². The number of alkyl halides is 1. The molecule has 2 nitrogen and oxygen atoms in total. The first-order chi connectivity index (χ1) is 8.13. The first-order valence-corrected chi connectivity index (χ1v) is 6.07. The van der Waals surface area contributed by atoms with Crippen LogP contribution in [0.2, 0.25) is 0 Å². The molecule has 2 aromatic rings. The van der Waals surface area contributed by atoms with Crippen molar-refractivity contribution in [2.24, 2.45) is 0 Å². The zero-order valence-electron chi connectivity index (χ0n) is 8.91. The quantitative estimate of drug-likeness (QED) is 0.776. The Morgan fingerprint density at radius 3 is 2.71 bits per heavy atom. The number of hydrogen-bond acceptors (Lipinski definition) is 2. The Hall–Kier alpha value is -1.00. The van der Waals surface area contributed by atoms with E-state index in [-0.39, 0.29) is 5.75 Å². The summed E-state index contributed by atoms with van der Waals surface area (Å²) in [4.78, 5) is 0. The summed E-state index contributed by atoms with van der Waals surface area (Å²) in [6.45, 7) is 0. The van der Waals surface area contributed by atoms with Gasteiger partial charge in [0.05, 0.1) is 18.8 Å². The second kappa shape index (κ2) is 5.10. The van der Waals surface area contributed by atoms with Crippen molar-refractivity contribution in [2.45, 2.75) is 5.38 Å². The van der Waals surface area contributed by atoms with Gasteiger partial charge in [-0.05, 0) is 39.7 Å². The van der Waals surface area contributed by atoms with Crippen molar-refractivity contribution in [2.75, 3.05) is 7.11 Å². The second-order valence-electron chi connectivity index (χ2n) is 3.41. The summed E-state index contributed by atoms with van der Waals surface area (Å²) < 4.78 is 24.0. The van der Waals surface area contributed by atoms with Crippen molar-refractivity contribution < 1.29 is 13.5 Å². The maximum atomic E-state index is 13.5. The van der Waals surface area contributed by atoms with E-state index in [2.05, 4.69) is 15.9 Å². The van der Waals surface area contributed by atoms with Gasteiger partial charge in [-0.2, -0.15) is 0 Å². The predicted octanol–water partition coefficient (Wildman–Crippen LogP) is 4.52. The van der Waals surface area contributed by atoms with Crippen LogP contribution in [0.25, 0.3) is 0 Å². The van der Waals surface area contributed by atoms with E-state index in [1.807, 2.05) is 0 Å². The van der Waals surface area contributed by atoms with Gasteiger partial charge >= 0.3 is 0 Å². The van der Waals surface area contributed by atoms with Crippen LogP contribution in [0.4, 0.5) is 4.39 Å². The molecule has 0 N–H and O–H groups in total. The first kappa shape index (κ1) is 12.5. The molecular weight excluding hydrogens is 310 g/mol. The van der Waals surface area contributed by atoms with Crippen molar-refractivity contribution in [3.63, 3.8) is 0 Å². The van der Waals surface area contributed by atoms with Crippen molar-refractivity contribution in [1.29, 1.82) is 0 Å². The van der Waals surface area contributed by atoms with Crippen LogP contribution in [0.5, 0.6) is 5.75 Å². The number of ether oxygens (including phenoxy) is 1. The third-order valence-electron chi connectivity index (χ3n) is 2.39. The summed E-state index contributed by atoms with van der Waals surface area (Å²) in [5, 5.41) is -0.469. The van der Waals surface area contributed by atoms with Gasteiger partial charge < -0.3 is 9.15 Å². The van der Waals surface area contributed by atoms with Gasteiger partial charge in [-0.25, -0.2) is 4.39 Å². The van der Waals surface area contributed by atoms with Crippen molar-refractivity contribution in [1.82, 2.24) is 0 Å². The molecule has 0 saturated heterocycles. The largest absolute Gasteiger partial charge is 0.494 e. The molecule has 1 atom stereocenters. The molecule has 0 radical (unpaired) electrons. The highest BCUT2D eigenvalue weighted by atomic mass is 79.9. The minimum absolute atomic E-state index is 0.198. The molecule has 90 valence electrons. The number of rotatable bonds is 3. The van der Waals surface area contributed by atoms with Crippen LogP contribution in [-0.4, -0.2) is 7.11 Å². The fourth-order valence-electron chi connectivity index (χ4n) is 1.50. The van der Waals surface area contributed by atoms with Crippen molar-refractivity contribution >= 4 is 27.5 Å². The Kier molecular flexibility index (Phi) is 3.74. The van der Waals surface area contributed by atoms with E-state index in [1.165, 1.54) is 19.4 Å². The monoisotopic (exact) mass is 318 g/mol. The molecule has 1 aromatic heterocycles. The number of hydrogen-bond donors (Lipinski definition) is 0. The van der Waals surface area contributed by atoms with Crippen LogP contribution in [0.3, 0.4) is 0 Å². The Labute approximate surface area is 111 Å². The van der Waals surface area contributed by atoms with Crippen LogP contribution in [0.1, 0.15) is 16.5 Å². The van der Waals surface area contributed by atoms with Crippen molar-refractivity contribution in [3.05, 3.63) is 52.1 Å². The van der Waals surface area contributed by atoms with Gasteiger partial charge in [0.25, 0.3) is 0 Å². The van der Waals surface area contributed by atoms with Gasteiger partial charge in [-0.1, -0.05) is 6.07 Å². The van der Waals surface area contributed by atoms with Crippen LogP contribution in [0, 0.1) is 5.82 Å². The fourth-order valence-corrected chi connectivity index (χ4v) is 2.41. The molecule has 1 aromatic carbocycles. The van der Waals surface area contributed by atoms with E-state index >= 15 is 0 Å². The molecule has 0 aliphatic rings. The molecule has 17 heavy (non-hydrogen) atoms. The van der Waals surface area contributed by atoms with Gasteiger partial charge in [0.1, 0.15) is 0 Å². The van der Waals surface area contributed by atoms with Crippen LogP contribution in [0.15, 0.2) is 39.6 Å². The molecule has 0 aliphatic carbocycles. The highest BCUT2D eigenvalue weighted by Gasteiger charge is 2.17. The van der Waals surface area contributed by atoms with E-state index in [9.17, 15) is 4.39 Å². The van der Waals surface area contributed by atoms with Gasteiger partial charge in [0.15, 0.2) is 16.2 Å². The van der Waals surface area contributed by atoms with E-state index in [0.29, 0.717) is 10.2 Å². The smallest absolute Gasteiger partial charge is 0.173 e. The summed E-state index contributed by atoms with van der Waals surface area (Å²) >= 11 is 9.49. The zero-order valence-corrected chi connectivity index (χ0v) is 11.3. The molecule has 1 unspecified atom stereocenters.